The number of nitrogens with zero attached hydrogens (tertiary/aromatic N) is 4. The lowest BCUT2D eigenvalue weighted by Crippen LogP contribution is -2.26. The SMILES string of the molecule is CCCn1nc(C(=O)Nc2nc(-c3cc(C)n(-c4ccc(C)cc4)c3C)cs2)ccc1=O. The number of rotatable bonds is 6. The highest BCUT2D eigenvalue weighted by atomic mass is 32.1. The van der Waals surface area contributed by atoms with E-state index in [0.717, 1.165) is 34.8 Å². The molecule has 4 aromatic rings. The van der Waals surface area contributed by atoms with Gasteiger partial charge in [-0.05, 0) is 51.5 Å². The summed E-state index contributed by atoms with van der Waals surface area (Å²) in [6.45, 7) is 8.64. The van der Waals surface area contributed by atoms with Gasteiger partial charge in [0.05, 0.1) is 5.69 Å². The molecule has 3 heterocycles. The highest BCUT2D eigenvalue weighted by Gasteiger charge is 2.17. The number of carbonyl (C=O) groups is 1. The van der Waals surface area contributed by atoms with Crippen molar-refractivity contribution in [2.24, 2.45) is 0 Å². The number of hydrogen-bond acceptors (Lipinski definition) is 5. The predicted octanol–water partition coefficient (Wildman–Crippen LogP) is 4.75. The fourth-order valence-electron chi connectivity index (χ4n) is 3.67. The number of aryl methyl sites for hydroxylation is 3. The average molecular weight is 448 g/mol. The molecular formula is C24H25N5O2S. The van der Waals surface area contributed by atoms with Crippen LogP contribution >= 0.6 is 11.3 Å². The van der Waals surface area contributed by atoms with Crippen molar-refractivity contribution in [2.45, 2.75) is 40.7 Å². The van der Waals surface area contributed by atoms with Crippen LogP contribution in [0, 0.1) is 20.8 Å². The molecular weight excluding hydrogens is 422 g/mol. The van der Waals surface area contributed by atoms with Gasteiger partial charge >= 0.3 is 0 Å². The molecule has 1 amide bonds. The first-order chi connectivity index (χ1) is 15.4. The Hall–Kier alpha value is -3.52. The van der Waals surface area contributed by atoms with Gasteiger partial charge in [-0.2, -0.15) is 5.10 Å². The van der Waals surface area contributed by atoms with Crippen LogP contribution in [0.1, 0.15) is 40.8 Å². The summed E-state index contributed by atoms with van der Waals surface area (Å²) in [5.74, 6) is -0.388. The summed E-state index contributed by atoms with van der Waals surface area (Å²) in [6.07, 6.45) is 0.759. The van der Waals surface area contributed by atoms with Gasteiger partial charge < -0.3 is 4.57 Å². The van der Waals surface area contributed by atoms with Crippen LogP contribution in [0.5, 0.6) is 0 Å². The molecule has 0 fully saturated rings. The van der Waals surface area contributed by atoms with E-state index in [1.165, 1.54) is 33.7 Å². The van der Waals surface area contributed by atoms with Crippen LogP contribution in [0.4, 0.5) is 5.13 Å². The van der Waals surface area contributed by atoms with Gasteiger partial charge in [0.2, 0.25) is 0 Å². The summed E-state index contributed by atoms with van der Waals surface area (Å²) in [4.78, 5) is 29.1. The van der Waals surface area contributed by atoms with Crippen molar-refractivity contribution in [2.75, 3.05) is 5.32 Å². The second-order valence-electron chi connectivity index (χ2n) is 7.73. The lowest BCUT2D eigenvalue weighted by atomic mass is 10.2. The molecule has 0 unspecified atom stereocenters. The lowest BCUT2D eigenvalue weighted by Gasteiger charge is -2.10. The largest absolute Gasteiger partial charge is 0.318 e. The highest BCUT2D eigenvalue weighted by molar-refractivity contribution is 7.14. The number of nitrogens with one attached hydrogen (secondary N) is 1. The minimum Gasteiger partial charge on any atom is -0.318 e. The molecule has 8 heteroatoms. The number of thiazole rings is 1. The van der Waals surface area contributed by atoms with Crippen molar-refractivity contribution in [3.63, 3.8) is 0 Å². The van der Waals surface area contributed by atoms with E-state index < -0.39 is 0 Å². The van der Waals surface area contributed by atoms with Crippen LogP contribution in [0.3, 0.4) is 0 Å². The molecule has 1 N–H and O–H groups in total. The zero-order chi connectivity index (χ0) is 22.8. The molecule has 0 bridgehead atoms. The molecule has 0 saturated carbocycles. The van der Waals surface area contributed by atoms with Gasteiger partial charge in [-0.15, -0.1) is 11.3 Å². The first-order valence-electron chi connectivity index (χ1n) is 10.5. The predicted molar refractivity (Wildman–Crippen MR) is 128 cm³/mol. The van der Waals surface area contributed by atoms with Crippen molar-refractivity contribution < 1.29 is 4.79 Å². The van der Waals surface area contributed by atoms with Gasteiger partial charge in [-0.25, -0.2) is 9.67 Å². The first kappa shape index (κ1) is 21.7. The van der Waals surface area contributed by atoms with Gasteiger partial charge in [0.25, 0.3) is 11.5 Å². The van der Waals surface area contributed by atoms with Crippen LogP contribution in [-0.4, -0.2) is 25.2 Å². The number of aromatic nitrogens is 4. The Morgan fingerprint density at radius 3 is 2.56 bits per heavy atom. The Morgan fingerprint density at radius 2 is 1.84 bits per heavy atom. The number of benzene rings is 1. The first-order valence-corrected chi connectivity index (χ1v) is 11.4. The molecule has 7 nitrogen and oxygen atoms in total. The van der Waals surface area contributed by atoms with E-state index in [4.69, 9.17) is 0 Å². The second kappa shape index (κ2) is 8.92. The topological polar surface area (TPSA) is 81.8 Å². The molecule has 0 spiro atoms. The molecule has 0 aliphatic rings. The van der Waals surface area contributed by atoms with Crippen LogP contribution < -0.4 is 10.9 Å². The third kappa shape index (κ3) is 4.27. The Kier molecular flexibility index (Phi) is 6.05. The maximum absolute atomic E-state index is 12.6. The van der Waals surface area contributed by atoms with E-state index in [-0.39, 0.29) is 17.2 Å². The van der Waals surface area contributed by atoms with Crippen LogP contribution in [-0.2, 0) is 6.54 Å². The minimum atomic E-state index is -0.388. The van der Waals surface area contributed by atoms with Crippen LogP contribution in [0.25, 0.3) is 16.9 Å². The summed E-state index contributed by atoms with van der Waals surface area (Å²) < 4.78 is 3.51. The molecule has 4 rings (SSSR count). The van der Waals surface area contributed by atoms with E-state index in [2.05, 4.69) is 71.1 Å². The highest BCUT2D eigenvalue weighted by Crippen LogP contribution is 2.31. The van der Waals surface area contributed by atoms with Crippen LogP contribution in [0.2, 0.25) is 0 Å². The van der Waals surface area contributed by atoms with Crippen molar-refractivity contribution >= 4 is 22.4 Å². The lowest BCUT2D eigenvalue weighted by molar-refractivity contribution is 0.101. The quantitative estimate of drug-likeness (QED) is 0.463. The Morgan fingerprint density at radius 1 is 1.09 bits per heavy atom. The number of amides is 1. The Bertz CT molecular complexity index is 1330. The minimum absolute atomic E-state index is 0.187. The monoisotopic (exact) mass is 447 g/mol. The molecule has 32 heavy (non-hydrogen) atoms. The Labute approximate surface area is 190 Å². The number of anilines is 1. The van der Waals surface area contributed by atoms with Gasteiger partial charge in [0.1, 0.15) is 5.69 Å². The van der Waals surface area contributed by atoms with Gasteiger partial charge in [0, 0.05) is 40.6 Å². The zero-order valence-corrected chi connectivity index (χ0v) is 19.4. The summed E-state index contributed by atoms with van der Waals surface area (Å²) in [7, 11) is 0. The standard InChI is InChI=1S/C24H25N5O2S/c1-5-12-28-22(30)11-10-20(27-28)23(31)26-24-25-21(14-32-24)19-13-16(3)29(17(19)4)18-8-6-15(2)7-9-18/h6-11,13-14H,5,12H2,1-4H3,(H,25,26,31). The van der Waals surface area contributed by atoms with E-state index in [1.54, 1.807) is 0 Å². The van der Waals surface area contributed by atoms with Crippen molar-refractivity contribution in [3.05, 3.63) is 80.8 Å². The Balaban J connectivity index is 1.58. The van der Waals surface area contributed by atoms with E-state index >= 15 is 0 Å². The van der Waals surface area contributed by atoms with Crippen molar-refractivity contribution in [1.82, 2.24) is 19.3 Å². The summed E-state index contributed by atoms with van der Waals surface area (Å²) >= 11 is 1.36. The third-order valence-electron chi connectivity index (χ3n) is 5.26. The second-order valence-corrected chi connectivity index (χ2v) is 8.59. The molecule has 1 aromatic carbocycles. The fraction of sp³-hybridized carbons (Fsp3) is 0.250. The van der Waals surface area contributed by atoms with Gasteiger partial charge in [-0.3, -0.25) is 14.9 Å². The molecule has 164 valence electrons. The van der Waals surface area contributed by atoms with E-state index in [0.29, 0.717) is 11.7 Å². The third-order valence-corrected chi connectivity index (χ3v) is 6.02. The number of hydrogen-bond donors (Lipinski definition) is 1. The van der Waals surface area contributed by atoms with Crippen molar-refractivity contribution in [1.29, 1.82) is 0 Å². The maximum atomic E-state index is 12.6. The summed E-state index contributed by atoms with van der Waals surface area (Å²) in [5, 5.41) is 9.38. The summed E-state index contributed by atoms with van der Waals surface area (Å²) in [6, 6.07) is 13.3. The smallest absolute Gasteiger partial charge is 0.277 e. The molecule has 0 saturated heterocycles. The fourth-order valence-corrected chi connectivity index (χ4v) is 4.38. The maximum Gasteiger partial charge on any atom is 0.277 e. The van der Waals surface area contributed by atoms with Crippen molar-refractivity contribution in [3.8, 4) is 16.9 Å². The summed E-state index contributed by atoms with van der Waals surface area (Å²) in [5.41, 5.74) is 6.32. The van der Waals surface area contributed by atoms with Gasteiger partial charge in [0.15, 0.2) is 5.13 Å². The molecule has 0 aliphatic heterocycles. The molecule has 0 radical (unpaired) electrons. The number of carbonyl (C=O) groups excluding carboxylic acids is 1. The molecule has 3 aromatic heterocycles. The van der Waals surface area contributed by atoms with Gasteiger partial charge in [-0.1, -0.05) is 24.6 Å². The van der Waals surface area contributed by atoms with E-state index in [1.807, 2.05) is 12.3 Å². The normalized spacial score (nSPS) is 11.0. The average Bonchev–Trinajstić information content (AvgIpc) is 3.34. The van der Waals surface area contributed by atoms with Crippen LogP contribution in [0.15, 0.2) is 52.6 Å². The molecule has 0 aliphatic carbocycles. The zero-order valence-electron chi connectivity index (χ0n) is 18.5. The van der Waals surface area contributed by atoms with E-state index in [9.17, 15) is 9.59 Å². The molecule has 0 atom stereocenters.